The number of ether oxygens (including phenoxy) is 2. The van der Waals surface area contributed by atoms with Crippen LogP contribution in [0.15, 0.2) is 0 Å². The van der Waals surface area contributed by atoms with Gasteiger partial charge in [-0.2, -0.15) is 0 Å². The number of hydrogen-bond donors (Lipinski definition) is 2. The lowest BCUT2D eigenvalue weighted by atomic mass is 9.96. The number of rotatable bonds is 8. The molecule has 100 valence electrons. The van der Waals surface area contributed by atoms with Gasteiger partial charge in [-0.3, -0.25) is 4.79 Å². The van der Waals surface area contributed by atoms with Crippen LogP contribution in [0.2, 0.25) is 0 Å². The summed E-state index contributed by atoms with van der Waals surface area (Å²) in [4.78, 5) is 11.0. The number of carbonyl (C=O) groups is 1. The largest absolute Gasteiger partial charge is 0.480 e. The molecule has 0 aromatic heterocycles. The van der Waals surface area contributed by atoms with Gasteiger partial charge in [0.25, 0.3) is 0 Å². The Morgan fingerprint density at radius 2 is 2.41 bits per heavy atom. The van der Waals surface area contributed by atoms with E-state index < -0.39 is 11.5 Å². The summed E-state index contributed by atoms with van der Waals surface area (Å²) in [5.74, 6) is -0.297. The minimum absolute atomic E-state index is 0.519. The topological polar surface area (TPSA) is 67.8 Å². The summed E-state index contributed by atoms with van der Waals surface area (Å²) in [6, 6.07) is 0. The van der Waals surface area contributed by atoms with Crippen molar-refractivity contribution in [2.45, 2.75) is 31.7 Å². The molecule has 0 radical (unpaired) electrons. The van der Waals surface area contributed by atoms with E-state index in [9.17, 15) is 4.79 Å². The zero-order chi connectivity index (χ0) is 12.7. The van der Waals surface area contributed by atoms with Crippen LogP contribution in [0, 0.1) is 5.92 Å². The Balaban J connectivity index is 2.08. The molecule has 0 aromatic carbocycles. The van der Waals surface area contributed by atoms with Crippen LogP contribution in [-0.4, -0.2) is 50.1 Å². The Bertz CT molecular complexity index is 241. The lowest BCUT2D eigenvalue weighted by molar-refractivity contribution is -0.144. The molecular formula is C12H23NO4. The number of hydrogen-bond acceptors (Lipinski definition) is 4. The van der Waals surface area contributed by atoms with E-state index in [1.807, 2.05) is 0 Å². The SMILES string of the molecule is CNC(C)(CCCOCC1CCOC1)C(=O)O. The Morgan fingerprint density at radius 3 is 2.94 bits per heavy atom. The Labute approximate surface area is 102 Å². The maximum absolute atomic E-state index is 11.0. The van der Waals surface area contributed by atoms with Crippen molar-refractivity contribution >= 4 is 5.97 Å². The summed E-state index contributed by atoms with van der Waals surface area (Å²) in [5.41, 5.74) is -0.847. The van der Waals surface area contributed by atoms with Crippen LogP contribution >= 0.6 is 0 Å². The van der Waals surface area contributed by atoms with Gasteiger partial charge in [-0.1, -0.05) is 0 Å². The molecular weight excluding hydrogens is 222 g/mol. The first-order valence-corrected chi connectivity index (χ1v) is 6.16. The maximum atomic E-state index is 11.0. The molecule has 1 saturated heterocycles. The number of carboxylic acid groups (broad SMARTS) is 1. The Morgan fingerprint density at radius 1 is 1.65 bits per heavy atom. The molecule has 0 saturated carbocycles. The van der Waals surface area contributed by atoms with Crippen molar-refractivity contribution in [1.82, 2.24) is 5.32 Å². The average molecular weight is 245 g/mol. The van der Waals surface area contributed by atoms with E-state index in [0.717, 1.165) is 32.7 Å². The zero-order valence-electron chi connectivity index (χ0n) is 10.7. The summed E-state index contributed by atoms with van der Waals surface area (Å²) in [7, 11) is 1.67. The number of nitrogens with one attached hydrogen (secondary N) is 1. The average Bonchev–Trinajstić information content (AvgIpc) is 2.81. The highest BCUT2D eigenvalue weighted by Gasteiger charge is 2.30. The molecule has 5 heteroatoms. The van der Waals surface area contributed by atoms with Crippen LogP contribution in [0.1, 0.15) is 26.2 Å². The Kier molecular flexibility index (Phi) is 5.88. The molecule has 1 fully saturated rings. The minimum Gasteiger partial charge on any atom is -0.480 e. The van der Waals surface area contributed by atoms with Gasteiger partial charge in [-0.05, 0) is 33.2 Å². The maximum Gasteiger partial charge on any atom is 0.323 e. The number of aliphatic carboxylic acids is 1. The first kappa shape index (κ1) is 14.4. The fourth-order valence-electron chi connectivity index (χ4n) is 1.83. The molecule has 1 aliphatic rings. The van der Waals surface area contributed by atoms with Crippen LogP contribution in [0.5, 0.6) is 0 Å². The highest BCUT2D eigenvalue weighted by molar-refractivity contribution is 5.78. The molecule has 1 rings (SSSR count). The molecule has 2 atom stereocenters. The molecule has 17 heavy (non-hydrogen) atoms. The summed E-state index contributed by atoms with van der Waals surface area (Å²) < 4.78 is 10.8. The predicted octanol–water partition coefficient (Wildman–Crippen LogP) is 0.882. The van der Waals surface area contributed by atoms with Crippen molar-refractivity contribution in [3.05, 3.63) is 0 Å². The van der Waals surface area contributed by atoms with Crippen LogP contribution in [0.3, 0.4) is 0 Å². The van der Waals surface area contributed by atoms with Gasteiger partial charge in [-0.15, -0.1) is 0 Å². The smallest absolute Gasteiger partial charge is 0.323 e. The third kappa shape index (κ3) is 4.61. The van der Waals surface area contributed by atoms with Crippen molar-refractivity contribution in [2.75, 3.05) is 33.5 Å². The van der Waals surface area contributed by atoms with Gasteiger partial charge in [0.05, 0.1) is 13.2 Å². The molecule has 2 unspecified atom stereocenters. The molecule has 5 nitrogen and oxygen atoms in total. The minimum atomic E-state index is -0.847. The van der Waals surface area contributed by atoms with Crippen LogP contribution in [-0.2, 0) is 14.3 Å². The first-order valence-electron chi connectivity index (χ1n) is 6.16. The molecule has 2 N–H and O–H groups in total. The van der Waals surface area contributed by atoms with E-state index in [1.165, 1.54) is 0 Å². The van der Waals surface area contributed by atoms with Crippen LogP contribution < -0.4 is 5.32 Å². The summed E-state index contributed by atoms with van der Waals surface area (Å²) in [6.45, 7) is 4.67. The van der Waals surface area contributed by atoms with E-state index in [4.69, 9.17) is 14.6 Å². The summed E-state index contributed by atoms with van der Waals surface area (Å²) >= 11 is 0. The molecule has 0 spiro atoms. The van der Waals surface area contributed by atoms with Gasteiger partial charge >= 0.3 is 5.97 Å². The van der Waals surface area contributed by atoms with Crippen molar-refractivity contribution in [3.63, 3.8) is 0 Å². The van der Waals surface area contributed by atoms with E-state index >= 15 is 0 Å². The quantitative estimate of drug-likeness (QED) is 0.621. The van der Waals surface area contributed by atoms with Crippen LogP contribution in [0.4, 0.5) is 0 Å². The normalized spacial score (nSPS) is 23.5. The van der Waals surface area contributed by atoms with Crippen molar-refractivity contribution in [1.29, 1.82) is 0 Å². The highest BCUT2D eigenvalue weighted by atomic mass is 16.5. The monoisotopic (exact) mass is 245 g/mol. The van der Waals surface area contributed by atoms with Crippen molar-refractivity contribution in [3.8, 4) is 0 Å². The van der Waals surface area contributed by atoms with Gasteiger partial charge in [0.15, 0.2) is 0 Å². The summed E-state index contributed by atoms with van der Waals surface area (Å²) in [5, 5.41) is 11.9. The second-order valence-electron chi connectivity index (χ2n) is 4.80. The van der Waals surface area contributed by atoms with E-state index in [0.29, 0.717) is 18.9 Å². The molecule has 1 aliphatic heterocycles. The standard InChI is InChI=1S/C12H23NO4/c1-12(13-2,11(14)15)5-3-6-16-8-10-4-7-17-9-10/h10,13H,3-9H2,1-2H3,(H,14,15). The molecule has 0 bridgehead atoms. The van der Waals surface area contributed by atoms with Gasteiger partial charge in [0.1, 0.15) is 5.54 Å². The second-order valence-corrected chi connectivity index (χ2v) is 4.80. The van der Waals surface area contributed by atoms with E-state index in [-0.39, 0.29) is 0 Å². The lowest BCUT2D eigenvalue weighted by Crippen LogP contribution is -2.47. The molecule has 1 heterocycles. The third-order valence-corrected chi connectivity index (χ3v) is 3.37. The highest BCUT2D eigenvalue weighted by Crippen LogP contribution is 2.14. The van der Waals surface area contributed by atoms with Crippen molar-refractivity contribution < 1.29 is 19.4 Å². The van der Waals surface area contributed by atoms with Crippen molar-refractivity contribution in [2.24, 2.45) is 5.92 Å². The van der Waals surface area contributed by atoms with Gasteiger partial charge in [-0.25, -0.2) is 0 Å². The van der Waals surface area contributed by atoms with Gasteiger partial charge in [0, 0.05) is 19.1 Å². The summed E-state index contributed by atoms with van der Waals surface area (Å²) in [6.07, 6.45) is 2.39. The van der Waals surface area contributed by atoms with E-state index in [2.05, 4.69) is 5.32 Å². The predicted molar refractivity (Wildman–Crippen MR) is 64.1 cm³/mol. The third-order valence-electron chi connectivity index (χ3n) is 3.37. The van der Waals surface area contributed by atoms with Gasteiger partial charge < -0.3 is 19.9 Å². The molecule has 0 aromatic rings. The molecule has 0 aliphatic carbocycles. The first-order chi connectivity index (χ1) is 8.08. The van der Waals surface area contributed by atoms with Crippen LogP contribution in [0.25, 0.3) is 0 Å². The van der Waals surface area contributed by atoms with E-state index in [1.54, 1.807) is 14.0 Å². The number of carboxylic acids is 1. The van der Waals surface area contributed by atoms with Gasteiger partial charge in [0.2, 0.25) is 0 Å². The Hall–Kier alpha value is -0.650. The lowest BCUT2D eigenvalue weighted by Gasteiger charge is -2.23. The fourth-order valence-corrected chi connectivity index (χ4v) is 1.83. The molecule has 0 amide bonds. The zero-order valence-corrected chi connectivity index (χ0v) is 10.7. The number of likely N-dealkylation sites (N-methyl/N-ethyl adjacent to an activating group) is 1. The fraction of sp³-hybridized carbons (Fsp3) is 0.917. The second kappa shape index (κ2) is 6.93.